The monoisotopic (exact) mass is 479 g/mol. The predicted octanol–water partition coefficient (Wildman–Crippen LogP) is 9.64. The molecule has 0 fully saturated rings. The molecule has 0 aliphatic heterocycles. The molecule has 0 saturated carbocycles. The van der Waals surface area contributed by atoms with Crippen molar-refractivity contribution in [1.29, 1.82) is 0 Å². The van der Waals surface area contributed by atoms with Gasteiger partial charge in [-0.1, -0.05) is 115 Å². The lowest BCUT2D eigenvalue weighted by Gasteiger charge is -2.24. The van der Waals surface area contributed by atoms with Gasteiger partial charge in [-0.05, 0) is 59.0 Å². The van der Waals surface area contributed by atoms with Crippen LogP contribution in [0.2, 0.25) is 0 Å². The molecule has 3 heteroatoms. The molecule has 0 aliphatic rings. The normalized spacial score (nSPS) is 12.6. The summed E-state index contributed by atoms with van der Waals surface area (Å²) in [5.41, 5.74) is 0. The van der Waals surface area contributed by atoms with Gasteiger partial charge in [-0.25, -0.2) is 0 Å². The SMILES string of the molecule is CCCCCCCCCC(CCCCCCCCCCC=CCCCCCC(=O)OC)N(C)C. The summed E-state index contributed by atoms with van der Waals surface area (Å²) in [6, 6.07) is 0.795. The van der Waals surface area contributed by atoms with Crippen LogP contribution in [0.5, 0.6) is 0 Å². The van der Waals surface area contributed by atoms with Gasteiger partial charge in [0.05, 0.1) is 7.11 Å². The Morgan fingerprint density at radius 1 is 0.647 bits per heavy atom. The summed E-state index contributed by atoms with van der Waals surface area (Å²) in [6.07, 6.45) is 34.8. The second-order valence-corrected chi connectivity index (χ2v) is 10.6. The third-order valence-electron chi connectivity index (χ3n) is 7.18. The maximum Gasteiger partial charge on any atom is 0.305 e. The Labute approximate surface area is 214 Å². The fourth-order valence-corrected chi connectivity index (χ4v) is 4.75. The van der Waals surface area contributed by atoms with Crippen LogP contribution in [0.4, 0.5) is 0 Å². The van der Waals surface area contributed by atoms with Gasteiger partial charge in [0.2, 0.25) is 0 Å². The fourth-order valence-electron chi connectivity index (χ4n) is 4.75. The Hall–Kier alpha value is -0.830. The zero-order valence-electron chi connectivity index (χ0n) is 23.8. The molecule has 0 saturated heterocycles. The molecule has 34 heavy (non-hydrogen) atoms. The lowest BCUT2D eigenvalue weighted by molar-refractivity contribution is -0.140. The van der Waals surface area contributed by atoms with E-state index in [1.807, 2.05) is 0 Å². The second-order valence-electron chi connectivity index (χ2n) is 10.6. The number of esters is 1. The number of ether oxygens (including phenoxy) is 1. The Morgan fingerprint density at radius 3 is 1.50 bits per heavy atom. The van der Waals surface area contributed by atoms with E-state index in [4.69, 9.17) is 0 Å². The molecule has 0 N–H and O–H groups in total. The van der Waals surface area contributed by atoms with Crippen LogP contribution in [0, 0.1) is 0 Å². The number of hydrogen-bond acceptors (Lipinski definition) is 3. The molecular weight excluding hydrogens is 418 g/mol. The third kappa shape index (κ3) is 24.3. The molecule has 0 aromatic rings. The van der Waals surface area contributed by atoms with Crippen LogP contribution in [0.25, 0.3) is 0 Å². The van der Waals surface area contributed by atoms with E-state index >= 15 is 0 Å². The van der Waals surface area contributed by atoms with E-state index in [0.717, 1.165) is 25.3 Å². The summed E-state index contributed by atoms with van der Waals surface area (Å²) in [4.78, 5) is 13.5. The maximum absolute atomic E-state index is 11.0. The van der Waals surface area contributed by atoms with Gasteiger partial charge in [-0.3, -0.25) is 4.79 Å². The molecule has 0 aromatic carbocycles. The highest BCUT2D eigenvalue weighted by molar-refractivity contribution is 5.68. The first kappa shape index (κ1) is 33.2. The van der Waals surface area contributed by atoms with Crippen LogP contribution in [0.15, 0.2) is 12.2 Å². The average Bonchev–Trinajstić information content (AvgIpc) is 2.83. The quantitative estimate of drug-likeness (QED) is 0.0702. The average molecular weight is 480 g/mol. The van der Waals surface area contributed by atoms with E-state index in [1.165, 1.54) is 129 Å². The van der Waals surface area contributed by atoms with E-state index in [1.54, 1.807) is 0 Å². The fraction of sp³-hybridized carbons (Fsp3) is 0.903. The minimum Gasteiger partial charge on any atom is -0.469 e. The van der Waals surface area contributed by atoms with E-state index in [2.05, 4.69) is 42.8 Å². The van der Waals surface area contributed by atoms with Crippen LogP contribution in [0.1, 0.15) is 155 Å². The van der Waals surface area contributed by atoms with Crippen molar-refractivity contribution in [2.24, 2.45) is 0 Å². The highest BCUT2D eigenvalue weighted by Crippen LogP contribution is 2.17. The molecule has 0 bridgehead atoms. The maximum atomic E-state index is 11.0. The van der Waals surface area contributed by atoms with Gasteiger partial charge in [-0.15, -0.1) is 0 Å². The summed E-state index contributed by atoms with van der Waals surface area (Å²) in [7, 11) is 6.01. The van der Waals surface area contributed by atoms with Crippen molar-refractivity contribution in [3.05, 3.63) is 12.2 Å². The molecule has 0 rings (SSSR count). The van der Waals surface area contributed by atoms with E-state index in [9.17, 15) is 4.79 Å². The first-order chi connectivity index (χ1) is 16.6. The van der Waals surface area contributed by atoms with Crippen LogP contribution in [-0.4, -0.2) is 38.1 Å². The van der Waals surface area contributed by atoms with Gasteiger partial charge in [0.1, 0.15) is 0 Å². The summed E-state index contributed by atoms with van der Waals surface area (Å²) < 4.78 is 4.66. The lowest BCUT2D eigenvalue weighted by atomic mass is 9.99. The molecule has 0 radical (unpaired) electrons. The van der Waals surface area contributed by atoms with Crippen molar-refractivity contribution >= 4 is 5.97 Å². The summed E-state index contributed by atoms with van der Waals surface area (Å²) in [6.45, 7) is 2.30. The van der Waals surface area contributed by atoms with E-state index in [-0.39, 0.29) is 5.97 Å². The Bertz CT molecular complexity index is 447. The molecule has 0 amide bonds. The van der Waals surface area contributed by atoms with E-state index < -0.39 is 0 Å². The minimum absolute atomic E-state index is 0.0809. The molecule has 0 aromatic heterocycles. The third-order valence-corrected chi connectivity index (χ3v) is 7.18. The predicted molar refractivity (Wildman–Crippen MR) is 150 cm³/mol. The van der Waals surface area contributed by atoms with Gasteiger partial charge in [0.15, 0.2) is 0 Å². The van der Waals surface area contributed by atoms with Gasteiger partial charge in [0.25, 0.3) is 0 Å². The van der Waals surface area contributed by atoms with Gasteiger partial charge in [0, 0.05) is 12.5 Å². The van der Waals surface area contributed by atoms with Crippen LogP contribution in [0.3, 0.4) is 0 Å². The van der Waals surface area contributed by atoms with E-state index in [0.29, 0.717) is 6.42 Å². The number of methoxy groups -OCH3 is 1. The number of unbranched alkanes of at least 4 members (excludes halogenated alkanes) is 17. The standard InChI is InChI=1S/C31H61NO2/c1-5-6-7-8-18-21-24-27-30(32(2)3)28-25-22-19-16-14-12-10-9-11-13-15-17-20-23-26-29-31(33)34-4/h13,15,30H,5-12,14,16-29H2,1-4H3. The zero-order valence-corrected chi connectivity index (χ0v) is 23.8. The van der Waals surface area contributed by atoms with Gasteiger partial charge < -0.3 is 9.64 Å². The Morgan fingerprint density at radius 2 is 1.06 bits per heavy atom. The highest BCUT2D eigenvalue weighted by Gasteiger charge is 2.10. The van der Waals surface area contributed by atoms with Crippen molar-refractivity contribution in [2.75, 3.05) is 21.2 Å². The smallest absolute Gasteiger partial charge is 0.305 e. The Balaban J connectivity index is 3.41. The number of carbonyl (C=O) groups is 1. The molecule has 0 spiro atoms. The van der Waals surface area contributed by atoms with Crippen LogP contribution < -0.4 is 0 Å². The highest BCUT2D eigenvalue weighted by atomic mass is 16.5. The van der Waals surface area contributed by atoms with Crippen LogP contribution >= 0.6 is 0 Å². The molecule has 1 atom stereocenters. The van der Waals surface area contributed by atoms with Gasteiger partial charge >= 0.3 is 5.97 Å². The topological polar surface area (TPSA) is 29.5 Å². The lowest BCUT2D eigenvalue weighted by Crippen LogP contribution is -2.27. The first-order valence-electron chi connectivity index (χ1n) is 15.0. The minimum atomic E-state index is -0.0809. The number of allylic oxidation sites excluding steroid dienone is 2. The largest absolute Gasteiger partial charge is 0.469 e. The van der Waals surface area contributed by atoms with Crippen LogP contribution in [-0.2, 0) is 9.53 Å². The Kier molecular flexibility index (Phi) is 26.1. The molecular formula is C31H61NO2. The molecule has 0 heterocycles. The second kappa shape index (κ2) is 26.8. The first-order valence-corrected chi connectivity index (χ1v) is 15.0. The number of rotatable bonds is 26. The number of nitrogens with zero attached hydrogens (tertiary/aromatic N) is 1. The summed E-state index contributed by atoms with van der Waals surface area (Å²) in [5.74, 6) is -0.0809. The molecule has 1 unspecified atom stereocenters. The molecule has 3 nitrogen and oxygen atoms in total. The van der Waals surface area contributed by atoms with Crippen molar-refractivity contribution < 1.29 is 9.53 Å². The molecule has 0 aliphatic carbocycles. The van der Waals surface area contributed by atoms with Crippen molar-refractivity contribution in [3.63, 3.8) is 0 Å². The van der Waals surface area contributed by atoms with Crippen molar-refractivity contribution in [2.45, 2.75) is 161 Å². The molecule has 202 valence electrons. The van der Waals surface area contributed by atoms with Crippen molar-refractivity contribution in [3.8, 4) is 0 Å². The van der Waals surface area contributed by atoms with Gasteiger partial charge in [-0.2, -0.15) is 0 Å². The van der Waals surface area contributed by atoms with Crippen molar-refractivity contribution in [1.82, 2.24) is 4.90 Å². The number of carbonyl (C=O) groups excluding carboxylic acids is 1. The summed E-state index contributed by atoms with van der Waals surface area (Å²) in [5, 5.41) is 0. The zero-order chi connectivity index (χ0) is 25.1. The number of hydrogen-bond donors (Lipinski definition) is 0. The summed E-state index contributed by atoms with van der Waals surface area (Å²) >= 11 is 0.